The third kappa shape index (κ3) is 4.87. The van der Waals surface area contributed by atoms with Crippen molar-refractivity contribution in [2.75, 3.05) is 13.2 Å². The second-order valence-corrected chi connectivity index (χ2v) is 4.32. The van der Waals surface area contributed by atoms with Crippen molar-refractivity contribution in [2.24, 2.45) is 7.05 Å². The fourth-order valence-corrected chi connectivity index (χ4v) is 1.83. The fraction of sp³-hybridized carbons (Fsp3) is 0.692. The lowest BCUT2D eigenvalue weighted by molar-refractivity contribution is -0.145. The second-order valence-electron chi connectivity index (χ2n) is 4.32. The van der Waals surface area contributed by atoms with Gasteiger partial charge in [-0.1, -0.05) is 13.3 Å². The molecule has 0 radical (unpaired) electrons. The lowest BCUT2D eigenvalue weighted by atomic mass is 10.1. The van der Waals surface area contributed by atoms with Crippen LogP contribution in [0.15, 0.2) is 12.4 Å². The number of aromatic nitrogens is 2. The highest BCUT2D eigenvalue weighted by molar-refractivity contribution is 5.75. The maximum Gasteiger partial charge on any atom is 0.323 e. The molecule has 0 saturated heterocycles. The van der Waals surface area contributed by atoms with E-state index < -0.39 is 0 Å². The summed E-state index contributed by atoms with van der Waals surface area (Å²) in [5, 5.41) is 7.36. The molecule has 0 bridgehead atoms. The van der Waals surface area contributed by atoms with E-state index in [9.17, 15) is 4.79 Å². The van der Waals surface area contributed by atoms with Crippen LogP contribution in [0.4, 0.5) is 0 Å². The van der Waals surface area contributed by atoms with Gasteiger partial charge in [-0.05, 0) is 25.3 Å². The normalized spacial score (nSPS) is 12.4. The largest absolute Gasteiger partial charge is 0.465 e. The third-order valence-corrected chi connectivity index (χ3v) is 2.71. The molecule has 0 aliphatic heterocycles. The lowest BCUT2D eigenvalue weighted by Gasteiger charge is -2.16. The van der Waals surface area contributed by atoms with Crippen LogP contribution >= 0.6 is 0 Å². The third-order valence-electron chi connectivity index (χ3n) is 2.71. The molecule has 102 valence electrons. The number of ether oxygens (including phenoxy) is 1. The molecule has 0 aromatic carbocycles. The molecule has 0 aliphatic carbocycles. The maximum atomic E-state index is 11.7. The van der Waals surface area contributed by atoms with E-state index in [-0.39, 0.29) is 12.0 Å². The number of aryl methyl sites for hydroxylation is 1. The van der Waals surface area contributed by atoms with Crippen LogP contribution < -0.4 is 5.32 Å². The Labute approximate surface area is 109 Å². The minimum atomic E-state index is -0.188. The predicted molar refractivity (Wildman–Crippen MR) is 70.2 cm³/mol. The quantitative estimate of drug-likeness (QED) is 0.709. The monoisotopic (exact) mass is 253 g/mol. The van der Waals surface area contributed by atoms with Crippen molar-refractivity contribution in [3.05, 3.63) is 18.0 Å². The van der Waals surface area contributed by atoms with Crippen molar-refractivity contribution in [1.29, 1.82) is 0 Å². The summed E-state index contributed by atoms with van der Waals surface area (Å²) in [6.45, 7) is 5.09. The Balaban J connectivity index is 2.35. The van der Waals surface area contributed by atoms with E-state index in [1.165, 1.54) is 5.56 Å². The Morgan fingerprint density at radius 1 is 1.56 bits per heavy atom. The van der Waals surface area contributed by atoms with Crippen molar-refractivity contribution < 1.29 is 9.53 Å². The zero-order chi connectivity index (χ0) is 13.4. The highest BCUT2D eigenvalue weighted by Crippen LogP contribution is 2.01. The highest BCUT2D eigenvalue weighted by atomic mass is 16.5. The van der Waals surface area contributed by atoms with Gasteiger partial charge in [0.2, 0.25) is 0 Å². The van der Waals surface area contributed by atoms with Crippen molar-refractivity contribution in [1.82, 2.24) is 15.1 Å². The Hall–Kier alpha value is -1.36. The van der Waals surface area contributed by atoms with Gasteiger partial charge in [0.05, 0.1) is 12.8 Å². The summed E-state index contributed by atoms with van der Waals surface area (Å²) < 4.78 is 6.83. The van der Waals surface area contributed by atoms with Gasteiger partial charge in [-0.3, -0.25) is 9.48 Å². The van der Waals surface area contributed by atoms with Gasteiger partial charge in [-0.25, -0.2) is 0 Å². The molecule has 0 spiro atoms. The zero-order valence-corrected chi connectivity index (χ0v) is 11.5. The Morgan fingerprint density at radius 2 is 2.33 bits per heavy atom. The molecule has 1 heterocycles. The smallest absolute Gasteiger partial charge is 0.323 e. The van der Waals surface area contributed by atoms with Gasteiger partial charge in [-0.15, -0.1) is 0 Å². The lowest BCUT2D eigenvalue weighted by Crippen LogP contribution is -2.39. The molecule has 1 aromatic heterocycles. The number of hydrogen-bond donors (Lipinski definition) is 1. The van der Waals surface area contributed by atoms with Crippen LogP contribution in [-0.2, 0) is 23.0 Å². The average Bonchev–Trinajstić information content (AvgIpc) is 2.74. The van der Waals surface area contributed by atoms with Gasteiger partial charge in [-0.2, -0.15) is 5.10 Å². The Morgan fingerprint density at radius 3 is 2.89 bits per heavy atom. The Kier molecular flexibility index (Phi) is 6.43. The summed E-state index contributed by atoms with van der Waals surface area (Å²) in [4.78, 5) is 11.7. The average molecular weight is 253 g/mol. The van der Waals surface area contributed by atoms with Gasteiger partial charge in [0, 0.05) is 19.8 Å². The van der Waals surface area contributed by atoms with Crippen LogP contribution in [0.25, 0.3) is 0 Å². The molecule has 1 N–H and O–H groups in total. The van der Waals surface area contributed by atoms with E-state index in [0.717, 1.165) is 25.8 Å². The summed E-state index contributed by atoms with van der Waals surface area (Å²) in [5.41, 5.74) is 1.17. The minimum Gasteiger partial charge on any atom is -0.465 e. The number of rotatable bonds is 8. The molecule has 5 nitrogen and oxygen atoms in total. The molecule has 1 aromatic rings. The van der Waals surface area contributed by atoms with Crippen molar-refractivity contribution >= 4 is 5.97 Å². The highest BCUT2D eigenvalue weighted by Gasteiger charge is 2.17. The van der Waals surface area contributed by atoms with E-state index in [4.69, 9.17) is 4.74 Å². The number of carbonyl (C=O) groups excluding carboxylic acids is 1. The standard InChI is InChI=1S/C13H23N3O2/c1-4-6-12(13(17)18-5-2)14-8-7-11-9-15-16(3)10-11/h9-10,12,14H,4-8H2,1-3H3. The first-order valence-electron chi connectivity index (χ1n) is 6.54. The molecular weight excluding hydrogens is 230 g/mol. The molecule has 0 fully saturated rings. The summed E-state index contributed by atoms with van der Waals surface area (Å²) in [6.07, 6.45) is 6.48. The molecule has 0 saturated carbocycles. The first-order valence-corrected chi connectivity index (χ1v) is 6.54. The number of carbonyl (C=O) groups is 1. The SMILES string of the molecule is CCCC(NCCc1cnn(C)c1)C(=O)OCC. The van der Waals surface area contributed by atoms with Gasteiger partial charge in [0.1, 0.15) is 6.04 Å². The molecular formula is C13H23N3O2. The van der Waals surface area contributed by atoms with E-state index >= 15 is 0 Å². The van der Waals surface area contributed by atoms with Crippen LogP contribution in [-0.4, -0.2) is 34.9 Å². The van der Waals surface area contributed by atoms with Crippen LogP contribution in [0.5, 0.6) is 0 Å². The van der Waals surface area contributed by atoms with Crippen LogP contribution in [0.2, 0.25) is 0 Å². The topological polar surface area (TPSA) is 56.2 Å². The zero-order valence-electron chi connectivity index (χ0n) is 11.5. The number of nitrogens with zero attached hydrogens (tertiary/aromatic N) is 2. The molecule has 5 heteroatoms. The van der Waals surface area contributed by atoms with Crippen molar-refractivity contribution in [3.63, 3.8) is 0 Å². The van der Waals surface area contributed by atoms with Crippen molar-refractivity contribution in [3.8, 4) is 0 Å². The van der Waals surface area contributed by atoms with Gasteiger partial charge >= 0.3 is 5.97 Å². The van der Waals surface area contributed by atoms with Crippen LogP contribution in [0.3, 0.4) is 0 Å². The van der Waals surface area contributed by atoms with Gasteiger partial charge in [0.25, 0.3) is 0 Å². The van der Waals surface area contributed by atoms with E-state index in [1.807, 2.05) is 26.4 Å². The minimum absolute atomic E-state index is 0.148. The number of esters is 1. The summed E-state index contributed by atoms with van der Waals surface area (Å²) in [7, 11) is 1.90. The second kappa shape index (κ2) is 7.87. The van der Waals surface area contributed by atoms with E-state index in [1.54, 1.807) is 4.68 Å². The fourth-order valence-electron chi connectivity index (χ4n) is 1.83. The van der Waals surface area contributed by atoms with Gasteiger partial charge < -0.3 is 10.1 Å². The van der Waals surface area contributed by atoms with E-state index in [2.05, 4.69) is 17.3 Å². The molecule has 0 aliphatic rings. The summed E-state index contributed by atoms with van der Waals surface area (Å²) in [5.74, 6) is -0.148. The van der Waals surface area contributed by atoms with Gasteiger partial charge in [0.15, 0.2) is 0 Å². The maximum absolute atomic E-state index is 11.7. The predicted octanol–water partition coefficient (Wildman–Crippen LogP) is 1.28. The molecule has 1 atom stereocenters. The molecule has 1 unspecified atom stereocenters. The first kappa shape index (κ1) is 14.7. The van der Waals surface area contributed by atoms with Crippen LogP contribution in [0.1, 0.15) is 32.3 Å². The van der Waals surface area contributed by atoms with Crippen molar-refractivity contribution in [2.45, 2.75) is 39.2 Å². The summed E-state index contributed by atoms with van der Waals surface area (Å²) in [6, 6.07) is -0.188. The number of nitrogens with one attached hydrogen (secondary N) is 1. The summed E-state index contributed by atoms with van der Waals surface area (Å²) >= 11 is 0. The molecule has 1 rings (SSSR count). The first-order chi connectivity index (χ1) is 8.67. The molecule has 18 heavy (non-hydrogen) atoms. The molecule has 0 amide bonds. The number of hydrogen-bond acceptors (Lipinski definition) is 4. The van der Waals surface area contributed by atoms with E-state index in [0.29, 0.717) is 6.61 Å². The van der Waals surface area contributed by atoms with Crippen LogP contribution in [0, 0.1) is 0 Å². The Bertz CT molecular complexity index is 363.